The number of aliphatic hydroxyl groups is 1. The minimum atomic E-state index is -3.53. The number of rotatable bonds is 3. The average Bonchev–Trinajstić information content (AvgIpc) is 2.91. The molecule has 1 fully saturated rings. The van der Waals surface area contributed by atoms with Crippen LogP contribution in [0.15, 0.2) is 28.5 Å². The van der Waals surface area contributed by atoms with Gasteiger partial charge in [-0.3, -0.25) is 0 Å². The second-order valence-corrected chi connectivity index (χ2v) is 8.55. The Morgan fingerprint density at radius 2 is 2.24 bits per heavy atom. The quantitative estimate of drug-likeness (QED) is 0.930. The molecule has 114 valence electrons. The molecule has 0 radical (unpaired) electrons. The molecule has 1 aromatic heterocycles. The summed E-state index contributed by atoms with van der Waals surface area (Å²) >= 11 is 7.40. The molecule has 2 heterocycles. The van der Waals surface area contributed by atoms with Crippen LogP contribution in [-0.4, -0.2) is 37.5 Å². The van der Waals surface area contributed by atoms with E-state index >= 15 is 0 Å². The van der Waals surface area contributed by atoms with Gasteiger partial charge in [-0.1, -0.05) is 11.6 Å². The molecule has 0 spiro atoms. The van der Waals surface area contributed by atoms with Gasteiger partial charge in [0, 0.05) is 40.2 Å². The van der Waals surface area contributed by atoms with E-state index in [4.69, 9.17) is 11.6 Å². The van der Waals surface area contributed by atoms with Crippen LogP contribution in [0.3, 0.4) is 0 Å². The Morgan fingerprint density at radius 3 is 3.00 bits per heavy atom. The zero-order valence-corrected chi connectivity index (χ0v) is 13.7. The lowest BCUT2D eigenvalue weighted by Gasteiger charge is -2.30. The number of sulfonamides is 1. The SMILES string of the molecule is O=S(=O)(c1csc2ccc(Cl)cc12)N1CCCC(CO)C1. The van der Waals surface area contributed by atoms with E-state index in [0.29, 0.717) is 28.4 Å². The largest absolute Gasteiger partial charge is 0.396 e. The number of piperidine rings is 1. The van der Waals surface area contributed by atoms with E-state index in [1.54, 1.807) is 17.5 Å². The highest BCUT2D eigenvalue weighted by atomic mass is 35.5. The van der Waals surface area contributed by atoms with Crippen molar-refractivity contribution in [2.45, 2.75) is 17.7 Å². The standard InChI is InChI=1S/C14H16ClNO3S2/c15-11-3-4-13-12(6-11)14(9-20-13)21(18,19)16-5-1-2-10(7-16)8-17/h3-4,6,9-10,17H,1-2,5,7-8H2. The molecule has 1 aromatic carbocycles. The molecule has 7 heteroatoms. The summed E-state index contributed by atoms with van der Waals surface area (Å²) < 4.78 is 28.1. The maximum atomic E-state index is 12.8. The van der Waals surface area contributed by atoms with Gasteiger partial charge in [-0.25, -0.2) is 8.42 Å². The Labute approximate surface area is 133 Å². The molecule has 2 aromatic rings. The van der Waals surface area contributed by atoms with Crippen LogP contribution in [0.4, 0.5) is 0 Å². The van der Waals surface area contributed by atoms with Crippen molar-refractivity contribution < 1.29 is 13.5 Å². The van der Waals surface area contributed by atoms with E-state index in [1.165, 1.54) is 15.6 Å². The first-order valence-corrected chi connectivity index (χ1v) is 9.50. The summed E-state index contributed by atoms with van der Waals surface area (Å²) in [4.78, 5) is 0.323. The number of fused-ring (bicyclic) bond motifs is 1. The van der Waals surface area contributed by atoms with Gasteiger partial charge >= 0.3 is 0 Å². The second-order valence-electron chi connectivity index (χ2n) is 5.29. The Morgan fingerprint density at radius 1 is 1.43 bits per heavy atom. The van der Waals surface area contributed by atoms with Crippen molar-refractivity contribution in [3.05, 3.63) is 28.6 Å². The highest BCUT2D eigenvalue weighted by molar-refractivity contribution is 7.89. The smallest absolute Gasteiger partial charge is 0.244 e. The van der Waals surface area contributed by atoms with Crippen LogP contribution >= 0.6 is 22.9 Å². The summed E-state index contributed by atoms with van der Waals surface area (Å²) in [5, 5.41) is 12.2. The molecule has 1 saturated heterocycles. The van der Waals surface area contributed by atoms with Gasteiger partial charge in [0.2, 0.25) is 10.0 Å². The van der Waals surface area contributed by atoms with Crippen LogP contribution < -0.4 is 0 Å². The lowest BCUT2D eigenvalue weighted by molar-refractivity contribution is 0.165. The molecule has 1 unspecified atom stereocenters. The summed E-state index contributed by atoms with van der Waals surface area (Å²) in [5.74, 6) is 0.0296. The molecule has 1 N–H and O–H groups in total. The van der Waals surface area contributed by atoms with Crippen molar-refractivity contribution in [2.75, 3.05) is 19.7 Å². The lowest BCUT2D eigenvalue weighted by Crippen LogP contribution is -2.40. The highest BCUT2D eigenvalue weighted by Gasteiger charge is 2.31. The van der Waals surface area contributed by atoms with Gasteiger partial charge in [-0.2, -0.15) is 4.31 Å². The van der Waals surface area contributed by atoms with Crippen LogP contribution in [0.25, 0.3) is 10.1 Å². The number of hydrogen-bond donors (Lipinski definition) is 1. The topological polar surface area (TPSA) is 57.6 Å². The molecule has 0 amide bonds. The summed E-state index contributed by atoms with van der Waals surface area (Å²) in [5.41, 5.74) is 0. The first kappa shape index (κ1) is 15.2. The zero-order valence-electron chi connectivity index (χ0n) is 11.3. The molecule has 0 bridgehead atoms. The van der Waals surface area contributed by atoms with Crippen LogP contribution in [0.1, 0.15) is 12.8 Å². The number of aliphatic hydroxyl groups excluding tert-OH is 1. The first-order chi connectivity index (χ1) is 10.0. The van der Waals surface area contributed by atoms with Gasteiger partial charge in [0.25, 0.3) is 0 Å². The predicted molar refractivity (Wildman–Crippen MR) is 85.4 cm³/mol. The minimum absolute atomic E-state index is 0.0296. The normalized spacial score (nSPS) is 21.0. The second kappa shape index (κ2) is 5.85. The number of thiophene rings is 1. The Bertz CT molecular complexity index is 757. The van der Waals surface area contributed by atoms with Crippen LogP contribution in [0, 0.1) is 5.92 Å². The maximum Gasteiger partial charge on any atom is 0.244 e. The van der Waals surface area contributed by atoms with Gasteiger partial charge in [-0.15, -0.1) is 11.3 Å². The molecular formula is C14H16ClNO3S2. The van der Waals surface area contributed by atoms with Gasteiger partial charge in [-0.05, 0) is 37.0 Å². The fourth-order valence-corrected chi connectivity index (χ4v) is 5.88. The lowest BCUT2D eigenvalue weighted by atomic mass is 10.0. The molecule has 3 rings (SSSR count). The van der Waals surface area contributed by atoms with Crippen LogP contribution in [0.5, 0.6) is 0 Å². The predicted octanol–water partition coefficient (Wildman–Crippen LogP) is 2.95. The van der Waals surface area contributed by atoms with E-state index < -0.39 is 10.0 Å². The molecule has 1 atom stereocenters. The third-order valence-electron chi connectivity index (χ3n) is 3.86. The summed E-state index contributed by atoms with van der Waals surface area (Å²) in [6.45, 7) is 0.926. The number of benzene rings is 1. The van der Waals surface area contributed by atoms with Gasteiger partial charge in [0.1, 0.15) is 4.90 Å². The van der Waals surface area contributed by atoms with Crippen molar-refractivity contribution >= 4 is 43.0 Å². The van der Waals surface area contributed by atoms with Gasteiger partial charge < -0.3 is 5.11 Å². The molecule has 4 nitrogen and oxygen atoms in total. The van der Waals surface area contributed by atoms with E-state index in [-0.39, 0.29) is 12.5 Å². The Hall–Kier alpha value is -0.660. The summed E-state index contributed by atoms with van der Waals surface area (Å²) in [7, 11) is -3.53. The molecular weight excluding hydrogens is 330 g/mol. The van der Waals surface area contributed by atoms with Crippen molar-refractivity contribution in [1.82, 2.24) is 4.31 Å². The van der Waals surface area contributed by atoms with Gasteiger partial charge in [0.05, 0.1) is 0 Å². The van der Waals surface area contributed by atoms with Crippen molar-refractivity contribution in [2.24, 2.45) is 5.92 Å². The van der Waals surface area contributed by atoms with E-state index in [1.807, 2.05) is 6.07 Å². The third kappa shape index (κ3) is 2.83. The molecule has 0 aliphatic carbocycles. The summed E-state index contributed by atoms with van der Waals surface area (Å²) in [6, 6.07) is 5.31. The third-order valence-corrected chi connectivity index (χ3v) is 7.11. The van der Waals surface area contributed by atoms with E-state index in [9.17, 15) is 13.5 Å². The van der Waals surface area contributed by atoms with Crippen molar-refractivity contribution in [3.63, 3.8) is 0 Å². The van der Waals surface area contributed by atoms with E-state index in [2.05, 4.69) is 0 Å². The van der Waals surface area contributed by atoms with Crippen molar-refractivity contribution in [1.29, 1.82) is 0 Å². The Balaban J connectivity index is 2.02. The van der Waals surface area contributed by atoms with Crippen LogP contribution in [-0.2, 0) is 10.0 Å². The monoisotopic (exact) mass is 345 g/mol. The maximum absolute atomic E-state index is 12.8. The van der Waals surface area contributed by atoms with E-state index in [0.717, 1.165) is 17.5 Å². The fourth-order valence-electron chi connectivity index (χ4n) is 2.71. The molecule has 1 aliphatic rings. The summed E-state index contributed by atoms with van der Waals surface area (Å²) in [6.07, 6.45) is 1.66. The van der Waals surface area contributed by atoms with Gasteiger partial charge in [0.15, 0.2) is 0 Å². The number of nitrogens with zero attached hydrogens (tertiary/aromatic N) is 1. The van der Waals surface area contributed by atoms with Crippen LogP contribution in [0.2, 0.25) is 5.02 Å². The molecule has 0 saturated carbocycles. The number of halogens is 1. The first-order valence-electron chi connectivity index (χ1n) is 6.80. The van der Waals surface area contributed by atoms with Crippen molar-refractivity contribution in [3.8, 4) is 0 Å². The zero-order chi connectivity index (χ0) is 15.0. The Kier molecular flexibility index (Phi) is 4.25. The number of hydrogen-bond acceptors (Lipinski definition) is 4. The average molecular weight is 346 g/mol. The molecule has 1 aliphatic heterocycles. The fraction of sp³-hybridized carbons (Fsp3) is 0.429. The minimum Gasteiger partial charge on any atom is -0.396 e. The highest BCUT2D eigenvalue weighted by Crippen LogP contribution is 2.34. The molecule has 21 heavy (non-hydrogen) atoms.